The topological polar surface area (TPSA) is 29.5 Å². The molecule has 17 heavy (non-hydrogen) atoms. The molecule has 90 valence electrons. The fraction of sp³-hybridized carbons (Fsp3) is 0.231. The van der Waals surface area contributed by atoms with Crippen molar-refractivity contribution in [3.05, 3.63) is 50.7 Å². The Morgan fingerprint density at radius 1 is 1.35 bits per heavy atom. The van der Waals surface area contributed by atoms with Gasteiger partial charge in [0, 0.05) is 0 Å². The number of aliphatic hydroxyl groups is 1. The molecule has 0 bridgehead atoms. The van der Waals surface area contributed by atoms with Crippen LogP contribution in [0.2, 0.25) is 5.02 Å². The van der Waals surface area contributed by atoms with Gasteiger partial charge in [0.05, 0.1) is 12.1 Å². The van der Waals surface area contributed by atoms with E-state index in [-0.39, 0.29) is 0 Å². The van der Waals surface area contributed by atoms with Crippen LogP contribution in [0.1, 0.15) is 22.8 Å². The molecule has 0 spiro atoms. The zero-order valence-electron chi connectivity index (χ0n) is 9.61. The van der Waals surface area contributed by atoms with Gasteiger partial charge in [0.1, 0.15) is 11.9 Å². The highest BCUT2D eigenvalue weighted by Crippen LogP contribution is 2.32. The van der Waals surface area contributed by atoms with E-state index in [0.717, 1.165) is 16.7 Å². The summed E-state index contributed by atoms with van der Waals surface area (Å²) in [7, 11) is 1.57. The average Bonchev–Trinajstić information content (AvgIpc) is 2.74. The second kappa shape index (κ2) is 5.08. The summed E-state index contributed by atoms with van der Waals surface area (Å²) >= 11 is 7.62. The molecular weight excluding hydrogens is 256 g/mol. The van der Waals surface area contributed by atoms with Crippen molar-refractivity contribution in [2.75, 3.05) is 7.11 Å². The number of benzene rings is 1. The van der Waals surface area contributed by atoms with Gasteiger partial charge in [-0.2, -0.15) is 11.3 Å². The molecule has 1 heterocycles. The molecular formula is C13H13ClO2S. The molecule has 1 N–H and O–H groups in total. The number of halogens is 1. The summed E-state index contributed by atoms with van der Waals surface area (Å²) < 4.78 is 5.08. The minimum Gasteiger partial charge on any atom is -0.495 e. The molecule has 0 aliphatic rings. The van der Waals surface area contributed by atoms with E-state index in [2.05, 4.69) is 0 Å². The Morgan fingerprint density at radius 2 is 2.12 bits per heavy atom. The fourth-order valence-corrected chi connectivity index (χ4v) is 2.82. The first-order valence-corrected chi connectivity index (χ1v) is 6.49. The second-order valence-corrected chi connectivity index (χ2v) is 4.96. The molecule has 0 aliphatic heterocycles. The monoisotopic (exact) mass is 268 g/mol. The third-order valence-electron chi connectivity index (χ3n) is 2.68. The molecule has 2 aromatic rings. The van der Waals surface area contributed by atoms with Crippen LogP contribution in [0.3, 0.4) is 0 Å². The minimum absolute atomic E-state index is 0.511. The second-order valence-electron chi connectivity index (χ2n) is 3.81. The van der Waals surface area contributed by atoms with Gasteiger partial charge in [-0.05, 0) is 46.5 Å². The van der Waals surface area contributed by atoms with Gasteiger partial charge in [0.25, 0.3) is 0 Å². The Kier molecular flexibility index (Phi) is 3.72. The van der Waals surface area contributed by atoms with Crippen LogP contribution in [0, 0.1) is 6.92 Å². The molecule has 1 aromatic heterocycles. The lowest BCUT2D eigenvalue weighted by Gasteiger charge is -2.12. The Balaban J connectivity index is 2.35. The van der Waals surface area contributed by atoms with E-state index < -0.39 is 6.10 Å². The molecule has 0 radical (unpaired) electrons. The summed E-state index contributed by atoms with van der Waals surface area (Å²) in [5, 5.41) is 14.7. The van der Waals surface area contributed by atoms with Crippen molar-refractivity contribution in [2.24, 2.45) is 0 Å². The third kappa shape index (κ3) is 2.46. The number of aliphatic hydroxyl groups excluding tert-OH is 1. The number of hydrogen-bond acceptors (Lipinski definition) is 3. The fourth-order valence-electron chi connectivity index (χ4n) is 1.68. The van der Waals surface area contributed by atoms with Gasteiger partial charge >= 0.3 is 0 Å². The predicted octanol–water partition coefficient (Wildman–Crippen LogP) is 3.80. The summed E-state index contributed by atoms with van der Waals surface area (Å²) in [6.07, 6.45) is -0.635. The molecule has 2 rings (SSSR count). The Labute approximate surface area is 109 Å². The molecule has 0 saturated heterocycles. The lowest BCUT2D eigenvalue weighted by Crippen LogP contribution is -2.00. The molecule has 0 aliphatic carbocycles. The van der Waals surface area contributed by atoms with Crippen LogP contribution < -0.4 is 4.74 Å². The van der Waals surface area contributed by atoms with Gasteiger partial charge in [-0.15, -0.1) is 0 Å². The first kappa shape index (κ1) is 12.4. The molecule has 1 unspecified atom stereocenters. The number of hydrogen-bond donors (Lipinski definition) is 1. The highest BCUT2D eigenvalue weighted by atomic mass is 35.5. The molecule has 0 saturated carbocycles. The molecule has 0 amide bonds. The van der Waals surface area contributed by atoms with Gasteiger partial charge < -0.3 is 9.84 Å². The lowest BCUT2D eigenvalue weighted by molar-refractivity contribution is 0.220. The van der Waals surface area contributed by atoms with Crippen LogP contribution >= 0.6 is 22.9 Å². The molecule has 2 nitrogen and oxygen atoms in total. The maximum absolute atomic E-state index is 10.3. The van der Waals surface area contributed by atoms with Crippen LogP contribution in [0.25, 0.3) is 0 Å². The van der Waals surface area contributed by atoms with Crippen molar-refractivity contribution in [2.45, 2.75) is 13.0 Å². The first-order valence-electron chi connectivity index (χ1n) is 5.17. The first-order chi connectivity index (χ1) is 8.13. The SMILES string of the molecule is COc1ccc(C(O)c2cscc2C)cc1Cl. The van der Waals surface area contributed by atoms with E-state index in [1.165, 1.54) is 0 Å². The van der Waals surface area contributed by atoms with Gasteiger partial charge in [0.15, 0.2) is 0 Å². The minimum atomic E-state index is -0.635. The predicted molar refractivity (Wildman–Crippen MR) is 71.1 cm³/mol. The zero-order chi connectivity index (χ0) is 12.4. The van der Waals surface area contributed by atoms with E-state index in [1.807, 2.05) is 23.8 Å². The van der Waals surface area contributed by atoms with Crippen LogP contribution in [0.5, 0.6) is 5.75 Å². The maximum Gasteiger partial charge on any atom is 0.137 e. The quantitative estimate of drug-likeness (QED) is 0.917. The normalized spacial score (nSPS) is 12.5. The van der Waals surface area contributed by atoms with Crippen molar-refractivity contribution < 1.29 is 9.84 Å². The molecule has 1 atom stereocenters. The van der Waals surface area contributed by atoms with Gasteiger partial charge in [-0.1, -0.05) is 17.7 Å². The lowest BCUT2D eigenvalue weighted by atomic mass is 10.0. The van der Waals surface area contributed by atoms with E-state index in [0.29, 0.717) is 10.8 Å². The van der Waals surface area contributed by atoms with Gasteiger partial charge in [-0.25, -0.2) is 0 Å². The van der Waals surface area contributed by atoms with Crippen LogP contribution in [-0.2, 0) is 0 Å². The van der Waals surface area contributed by atoms with Crippen molar-refractivity contribution in [3.8, 4) is 5.75 Å². The smallest absolute Gasteiger partial charge is 0.137 e. The Hall–Kier alpha value is -1.03. The van der Waals surface area contributed by atoms with Crippen LogP contribution in [0.4, 0.5) is 0 Å². The highest BCUT2D eigenvalue weighted by Gasteiger charge is 2.15. The van der Waals surface area contributed by atoms with Crippen LogP contribution in [-0.4, -0.2) is 12.2 Å². The third-order valence-corrected chi connectivity index (χ3v) is 3.86. The Bertz CT molecular complexity index is 522. The zero-order valence-corrected chi connectivity index (χ0v) is 11.2. The molecule has 1 aromatic carbocycles. The number of ether oxygens (including phenoxy) is 1. The van der Waals surface area contributed by atoms with E-state index in [1.54, 1.807) is 30.6 Å². The van der Waals surface area contributed by atoms with Crippen molar-refractivity contribution in [3.63, 3.8) is 0 Å². The number of aryl methyl sites for hydroxylation is 1. The summed E-state index contributed by atoms with van der Waals surface area (Å²) in [6, 6.07) is 5.33. The van der Waals surface area contributed by atoms with Gasteiger partial charge in [-0.3, -0.25) is 0 Å². The average molecular weight is 269 g/mol. The summed E-state index contributed by atoms with van der Waals surface area (Å²) in [4.78, 5) is 0. The number of thiophene rings is 1. The molecule has 4 heteroatoms. The largest absolute Gasteiger partial charge is 0.495 e. The summed E-state index contributed by atoms with van der Waals surface area (Å²) in [5.74, 6) is 0.615. The highest BCUT2D eigenvalue weighted by molar-refractivity contribution is 7.08. The van der Waals surface area contributed by atoms with E-state index in [4.69, 9.17) is 16.3 Å². The van der Waals surface area contributed by atoms with Gasteiger partial charge in [0.2, 0.25) is 0 Å². The number of methoxy groups -OCH3 is 1. The van der Waals surface area contributed by atoms with Crippen molar-refractivity contribution in [1.82, 2.24) is 0 Å². The van der Waals surface area contributed by atoms with E-state index in [9.17, 15) is 5.11 Å². The van der Waals surface area contributed by atoms with E-state index >= 15 is 0 Å². The van der Waals surface area contributed by atoms with Crippen LogP contribution in [0.15, 0.2) is 29.0 Å². The Morgan fingerprint density at radius 3 is 2.65 bits per heavy atom. The maximum atomic E-state index is 10.3. The summed E-state index contributed by atoms with van der Waals surface area (Å²) in [5.41, 5.74) is 2.79. The standard InChI is InChI=1S/C13H13ClO2S/c1-8-6-17-7-10(8)13(15)9-3-4-12(16-2)11(14)5-9/h3-7,13,15H,1-2H3. The summed E-state index contributed by atoms with van der Waals surface area (Å²) in [6.45, 7) is 1.99. The molecule has 0 fully saturated rings. The van der Waals surface area contributed by atoms with Crippen molar-refractivity contribution >= 4 is 22.9 Å². The number of rotatable bonds is 3. The van der Waals surface area contributed by atoms with Crippen molar-refractivity contribution in [1.29, 1.82) is 0 Å².